The van der Waals surface area contributed by atoms with Gasteiger partial charge in [0.1, 0.15) is 17.5 Å². The predicted molar refractivity (Wildman–Crippen MR) is 149 cm³/mol. The molecule has 14 heteroatoms. The smallest absolute Gasteiger partial charge is 0.326 e. The molecule has 1 aliphatic heterocycles. The third-order valence-corrected chi connectivity index (χ3v) is 10.7. The van der Waals surface area contributed by atoms with Gasteiger partial charge in [-0.05, 0) is 30.3 Å². The largest absolute Gasteiger partial charge is 0.480 e. The highest BCUT2D eigenvalue weighted by Crippen LogP contribution is 2.77. The van der Waals surface area contributed by atoms with Gasteiger partial charge in [0.2, 0.25) is 11.8 Å². The van der Waals surface area contributed by atoms with Crippen LogP contribution in [-0.4, -0.2) is 56.7 Å². The monoisotopic (exact) mass is 581 g/mol. The molecule has 0 aliphatic carbocycles. The lowest BCUT2D eigenvalue weighted by Crippen LogP contribution is -2.30. The molecule has 0 radical (unpaired) electrons. The number of aromatic amines is 2. The number of fused-ring (bicyclic) bond motifs is 1. The summed E-state index contributed by atoms with van der Waals surface area (Å²) in [7, 11) is -0.00462. The Kier molecular flexibility index (Phi) is 7.17. The van der Waals surface area contributed by atoms with E-state index >= 15 is 8.78 Å². The topological polar surface area (TPSA) is 160 Å². The van der Waals surface area contributed by atoms with Gasteiger partial charge in [-0.3, -0.25) is 14.6 Å². The molecule has 1 aliphatic rings. The number of methoxy groups -OCH3 is 1. The van der Waals surface area contributed by atoms with Gasteiger partial charge in [0, 0.05) is 59.5 Å². The maximum Gasteiger partial charge on any atom is 0.326 e. The lowest BCUT2D eigenvalue weighted by molar-refractivity contribution is -0.126. The van der Waals surface area contributed by atoms with E-state index in [1.165, 1.54) is 37.3 Å². The number of H-pyrrole nitrogens is 2. The SMILES string of the molecule is COc1ccc(C2=C(CN(C)C(C)=O)c3c([nH]c(=O)[nH]c3=O)S2(Cc2c(F)cccc2F)c2ccc(N)nc2)nn1. The molecule has 0 bridgehead atoms. The lowest BCUT2D eigenvalue weighted by atomic mass is 10.1. The fourth-order valence-electron chi connectivity index (χ4n) is 4.76. The number of carbonyl (C=O) groups is 1. The molecule has 0 saturated carbocycles. The molecular formula is C27H25F2N7O4S. The highest BCUT2D eigenvalue weighted by Gasteiger charge is 2.47. The number of nitrogens with zero attached hydrogens (tertiary/aromatic N) is 4. The number of pyridine rings is 1. The van der Waals surface area contributed by atoms with Crippen molar-refractivity contribution in [2.45, 2.75) is 22.6 Å². The molecule has 1 atom stereocenters. The van der Waals surface area contributed by atoms with Gasteiger partial charge in [-0.1, -0.05) is 6.07 Å². The van der Waals surface area contributed by atoms with E-state index in [0.29, 0.717) is 15.4 Å². The van der Waals surface area contributed by atoms with Gasteiger partial charge in [-0.15, -0.1) is 20.2 Å². The molecule has 4 heterocycles. The van der Waals surface area contributed by atoms with Crippen LogP contribution in [0.25, 0.3) is 10.5 Å². The standard InChI is InChI=1S/C27H25F2N7O4S/c1-14(37)36(2)12-16-23-25(38)32-27(39)33-26(23)41(15-7-9-21(30)31-11-15,13-17-18(28)5-4-6-19(17)29)24(16)20-8-10-22(40-3)35-34-20/h4-11H,12-13H2,1-3H3,(H2,30,31)(H2,32,33,38,39). The van der Waals surface area contributed by atoms with Gasteiger partial charge < -0.3 is 20.4 Å². The molecule has 41 heavy (non-hydrogen) atoms. The summed E-state index contributed by atoms with van der Waals surface area (Å²) in [6, 6.07) is 9.80. The van der Waals surface area contributed by atoms with E-state index in [4.69, 9.17) is 10.5 Å². The molecule has 212 valence electrons. The zero-order chi connectivity index (χ0) is 29.5. The van der Waals surface area contributed by atoms with E-state index in [0.717, 1.165) is 12.1 Å². The maximum atomic E-state index is 15.3. The van der Waals surface area contributed by atoms with Crippen LogP contribution < -0.4 is 21.7 Å². The van der Waals surface area contributed by atoms with Crippen LogP contribution in [-0.2, 0) is 10.5 Å². The Labute approximate surface area is 233 Å². The summed E-state index contributed by atoms with van der Waals surface area (Å²) in [5.74, 6) is -1.87. The van der Waals surface area contributed by atoms with Crippen LogP contribution >= 0.6 is 10.0 Å². The molecular weight excluding hydrogens is 556 g/mol. The number of amides is 1. The van der Waals surface area contributed by atoms with E-state index in [1.54, 1.807) is 25.2 Å². The van der Waals surface area contributed by atoms with E-state index in [9.17, 15) is 14.4 Å². The third kappa shape index (κ3) is 4.75. The Balaban J connectivity index is 1.98. The van der Waals surface area contributed by atoms with E-state index in [1.807, 2.05) is 0 Å². The van der Waals surface area contributed by atoms with Crippen molar-refractivity contribution in [1.29, 1.82) is 0 Å². The number of hydrogen-bond acceptors (Lipinski definition) is 8. The summed E-state index contributed by atoms with van der Waals surface area (Å²) in [4.78, 5) is 50.0. The Hall–Kier alpha value is -4.85. The number of hydrogen-bond donors (Lipinski definition) is 3. The molecule has 0 spiro atoms. The molecule has 1 amide bonds. The van der Waals surface area contributed by atoms with Crippen LogP contribution in [0.15, 0.2) is 68.2 Å². The van der Waals surface area contributed by atoms with E-state index < -0.39 is 32.9 Å². The normalized spacial score (nSPS) is 17.6. The van der Waals surface area contributed by atoms with E-state index in [-0.39, 0.29) is 51.7 Å². The summed E-state index contributed by atoms with van der Waals surface area (Å²) in [5, 5.41) is 8.57. The summed E-state index contributed by atoms with van der Waals surface area (Å²) in [6.45, 7) is 1.27. The number of nitrogens with one attached hydrogen (secondary N) is 2. The van der Waals surface area contributed by atoms with Crippen molar-refractivity contribution in [2.24, 2.45) is 0 Å². The number of rotatable bonds is 7. The fourth-order valence-corrected chi connectivity index (χ4v) is 9.01. The van der Waals surface area contributed by atoms with Gasteiger partial charge in [0.05, 0.1) is 23.4 Å². The van der Waals surface area contributed by atoms with Gasteiger partial charge in [0.25, 0.3) is 5.56 Å². The number of halogens is 2. The minimum Gasteiger partial charge on any atom is -0.480 e. The van der Waals surface area contributed by atoms with Crippen LogP contribution in [0.1, 0.15) is 23.7 Å². The van der Waals surface area contributed by atoms with Crippen LogP contribution in [0, 0.1) is 11.6 Å². The van der Waals surface area contributed by atoms with Crippen molar-refractivity contribution >= 4 is 32.2 Å². The Morgan fingerprint density at radius 2 is 1.80 bits per heavy atom. The number of anilines is 1. The quantitative estimate of drug-likeness (QED) is 0.281. The summed E-state index contributed by atoms with van der Waals surface area (Å²) in [5.41, 5.74) is 4.71. The first-order valence-corrected chi connectivity index (χ1v) is 14.0. The van der Waals surface area contributed by atoms with Crippen molar-refractivity contribution in [3.8, 4) is 5.88 Å². The first kappa shape index (κ1) is 27.7. The highest BCUT2D eigenvalue weighted by atomic mass is 32.3. The van der Waals surface area contributed by atoms with Crippen molar-refractivity contribution in [2.75, 3.05) is 26.4 Å². The van der Waals surface area contributed by atoms with Crippen LogP contribution in [0.3, 0.4) is 0 Å². The summed E-state index contributed by atoms with van der Waals surface area (Å²) >= 11 is 0. The fraction of sp³-hybridized carbons (Fsp3) is 0.185. The predicted octanol–water partition coefficient (Wildman–Crippen LogP) is 2.90. The second-order valence-electron chi connectivity index (χ2n) is 9.26. The summed E-state index contributed by atoms with van der Waals surface area (Å²) < 4.78 is 35.8. The minimum absolute atomic E-state index is 0.0638. The Morgan fingerprint density at radius 1 is 1.07 bits per heavy atom. The number of carbonyl (C=O) groups excluding carboxylic acids is 1. The first-order chi connectivity index (χ1) is 19.6. The minimum atomic E-state index is -2.97. The van der Waals surface area contributed by atoms with Crippen molar-refractivity contribution in [1.82, 2.24) is 30.0 Å². The lowest BCUT2D eigenvalue weighted by Gasteiger charge is -2.39. The average molecular weight is 582 g/mol. The van der Waals surface area contributed by atoms with Gasteiger partial charge in [-0.2, -0.15) is 0 Å². The molecule has 1 unspecified atom stereocenters. The maximum absolute atomic E-state index is 15.3. The number of nitrogen functional groups attached to an aromatic ring is 1. The Bertz CT molecular complexity index is 1790. The van der Waals surface area contributed by atoms with Gasteiger partial charge in [0.15, 0.2) is 0 Å². The Morgan fingerprint density at radius 3 is 2.39 bits per heavy atom. The van der Waals surface area contributed by atoms with Crippen molar-refractivity contribution < 1.29 is 18.3 Å². The zero-order valence-corrected chi connectivity index (χ0v) is 23.0. The molecule has 11 nitrogen and oxygen atoms in total. The number of aromatic nitrogens is 5. The molecule has 0 saturated heterocycles. The number of benzene rings is 1. The van der Waals surface area contributed by atoms with E-state index in [2.05, 4.69) is 25.1 Å². The second kappa shape index (κ2) is 10.6. The van der Waals surface area contributed by atoms with Gasteiger partial charge >= 0.3 is 5.69 Å². The number of likely N-dealkylation sites (N-methyl/N-ethyl adjacent to an activating group) is 1. The summed E-state index contributed by atoms with van der Waals surface area (Å²) in [6.07, 6.45) is 1.45. The highest BCUT2D eigenvalue weighted by molar-refractivity contribution is 8.40. The molecule has 1 aromatic carbocycles. The molecule has 4 N–H and O–H groups in total. The molecule has 0 fully saturated rings. The first-order valence-electron chi connectivity index (χ1n) is 12.2. The van der Waals surface area contributed by atoms with Crippen molar-refractivity contribution in [3.05, 3.63) is 98.0 Å². The van der Waals surface area contributed by atoms with Crippen molar-refractivity contribution in [3.63, 3.8) is 0 Å². The third-order valence-electron chi connectivity index (χ3n) is 6.78. The zero-order valence-electron chi connectivity index (χ0n) is 22.2. The molecule has 3 aromatic heterocycles. The van der Waals surface area contributed by atoms with Crippen LogP contribution in [0.5, 0.6) is 5.88 Å². The second-order valence-corrected chi connectivity index (χ2v) is 12.3. The number of nitrogens with two attached hydrogens (primary N) is 1. The van der Waals surface area contributed by atoms with Gasteiger partial charge in [-0.25, -0.2) is 18.6 Å². The number of ether oxygens (including phenoxy) is 1. The average Bonchev–Trinajstić information content (AvgIpc) is 3.20. The molecule has 5 rings (SSSR count). The van der Waals surface area contributed by atoms with Crippen LogP contribution in [0.2, 0.25) is 0 Å². The van der Waals surface area contributed by atoms with Crippen LogP contribution in [0.4, 0.5) is 14.6 Å². The molecule has 4 aromatic rings.